The van der Waals surface area contributed by atoms with Gasteiger partial charge in [0.05, 0.1) is 12.7 Å². The van der Waals surface area contributed by atoms with Crippen LogP contribution >= 0.6 is 0 Å². The number of likely N-dealkylation sites (tertiary alicyclic amines) is 2. The van der Waals surface area contributed by atoms with E-state index in [9.17, 15) is 4.79 Å². The first-order chi connectivity index (χ1) is 12.2. The summed E-state index contributed by atoms with van der Waals surface area (Å²) in [7, 11) is 0. The van der Waals surface area contributed by atoms with Crippen LogP contribution in [0.1, 0.15) is 43.2 Å². The van der Waals surface area contributed by atoms with E-state index in [1.807, 2.05) is 6.07 Å². The number of fused-ring (bicyclic) bond motifs is 1. The summed E-state index contributed by atoms with van der Waals surface area (Å²) < 4.78 is 5.67. The molecule has 25 heavy (non-hydrogen) atoms. The topological polar surface area (TPSA) is 36.7 Å². The third-order valence-electron chi connectivity index (χ3n) is 5.77. The molecule has 1 aromatic heterocycles. The molecule has 3 heterocycles. The number of rotatable bonds is 4. The monoisotopic (exact) mass is 340 g/mol. The first kappa shape index (κ1) is 16.6. The first-order valence-electron chi connectivity index (χ1n) is 9.69. The van der Waals surface area contributed by atoms with Crippen molar-refractivity contribution in [1.82, 2.24) is 9.80 Å². The number of nitrogens with zero attached hydrogens (tertiary/aromatic N) is 2. The number of furan rings is 1. The summed E-state index contributed by atoms with van der Waals surface area (Å²) in [6, 6.07) is 6.59. The van der Waals surface area contributed by atoms with Gasteiger partial charge in [-0.15, -0.1) is 0 Å². The summed E-state index contributed by atoms with van der Waals surface area (Å²) in [5.74, 6) is 0.257. The molecule has 2 aliphatic heterocycles. The summed E-state index contributed by atoms with van der Waals surface area (Å²) >= 11 is 0. The van der Waals surface area contributed by atoms with Gasteiger partial charge in [-0.25, -0.2) is 0 Å². The van der Waals surface area contributed by atoms with Gasteiger partial charge in [0.15, 0.2) is 0 Å². The summed E-state index contributed by atoms with van der Waals surface area (Å²) in [4.78, 5) is 17.7. The Morgan fingerprint density at radius 3 is 2.80 bits per heavy atom. The average molecular weight is 340 g/mol. The molecule has 2 aromatic rings. The number of amides is 1. The smallest absolute Gasteiger partial charge is 0.227 e. The van der Waals surface area contributed by atoms with Gasteiger partial charge in [0.2, 0.25) is 5.91 Å². The number of carbonyl (C=O) groups excluding carboxylic acids is 1. The molecule has 2 saturated heterocycles. The highest BCUT2D eigenvalue weighted by Gasteiger charge is 2.29. The van der Waals surface area contributed by atoms with Crippen molar-refractivity contribution in [2.75, 3.05) is 26.2 Å². The Balaban J connectivity index is 1.47. The lowest BCUT2D eigenvalue weighted by Gasteiger charge is -2.38. The molecule has 134 valence electrons. The average Bonchev–Trinajstić information content (AvgIpc) is 3.25. The molecular formula is C21H28N2O2. The van der Waals surface area contributed by atoms with Gasteiger partial charge in [-0.3, -0.25) is 4.79 Å². The number of piperidine rings is 1. The van der Waals surface area contributed by atoms with Crippen molar-refractivity contribution >= 4 is 16.9 Å². The zero-order valence-corrected chi connectivity index (χ0v) is 15.2. The van der Waals surface area contributed by atoms with E-state index in [1.165, 1.54) is 37.9 Å². The van der Waals surface area contributed by atoms with E-state index in [0.29, 0.717) is 12.5 Å². The fraction of sp³-hybridized carbons (Fsp3) is 0.571. The van der Waals surface area contributed by atoms with Crippen LogP contribution in [-0.4, -0.2) is 47.9 Å². The van der Waals surface area contributed by atoms with Crippen LogP contribution in [0.3, 0.4) is 0 Å². The van der Waals surface area contributed by atoms with Crippen LogP contribution in [0.5, 0.6) is 0 Å². The van der Waals surface area contributed by atoms with Crippen LogP contribution in [0.15, 0.2) is 28.9 Å². The Morgan fingerprint density at radius 2 is 1.96 bits per heavy atom. The van der Waals surface area contributed by atoms with Crippen LogP contribution in [-0.2, 0) is 11.2 Å². The third kappa shape index (κ3) is 3.59. The fourth-order valence-electron chi connectivity index (χ4n) is 4.37. The zero-order chi connectivity index (χ0) is 17.2. The molecule has 4 nitrogen and oxygen atoms in total. The van der Waals surface area contributed by atoms with Crippen LogP contribution in [0, 0.1) is 6.92 Å². The Kier molecular flexibility index (Phi) is 4.80. The van der Waals surface area contributed by atoms with Gasteiger partial charge < -0.3 is 14.2 Å². The van der Waals surface area contributed by atoms with Crippen molar-refractivity contribution in [3.8, 4) is 0 Å². The Hall–Kier alpha value is -1.81. The van der Waals surface area contributed by atoms with E-state index in [4.69, 9.17) is 4.42 Å². The second-order valence-electron chi connectivity index (χ2n) is 7.68. The number of hydrogen-bond acceptors (Lipinski definition) is 3. The van der Waals surface area contributed by atoms with Gasteiger partial charge in [-0.2, -0.15) is 0 Å². The van der Waals surface area contributed by atoms with Crippen LogP contribution in [0.4, 0.5) is 0 Å². The molecule has 0 spiro atoms. The number of carbonyl (C=O) groups is 1. The van der Waals surface area contributed by atoms with Gasteiger partial charge in [0.1, 0.15) is 5.58 Å². The van der Waals surface area contributed by atoms with Gasteiger partial charge in [0.25, 0.3) is 0 Å². The SMILES string of the molecule is Cc1ccc2c(CC(=O)N3CCCCC3CN3CCCC3)coc2c1. The zero-order valence-electron chi connectivity index (χ0n) is 15.2. The highest BCUT2D eigenvalue weighted by molar-refractivity contribution is 5.88. The predicted octanol–water partition coefficient (Wildman–Crippen LogP) is 3.76. The molecule has 0 saturated carbocycles. The van der Waals surface area contributed by atoms with Crippen molar-refractivity contribution in [2.24, 2.45) is 0 Å². The molecule has 2 aliphatic rings. The largest absolute Gasteiger partial charge is 0.464 e. The molecule has 0 radical (unpaired) electrons. The summed E-state index contributed by atoms with van der Waals surface area (Å²) in [6.07, 6.45) is 8.35. The van der Waals surface area contributed by atoms with Crippen molar-refractivity contribution < 1.29 is 9.21 Å². The molecule has 1 aromatic carbocycles. The van der Waals surface area contributed by atoms with Crippen molar-refractivity contribution in [3.05, 3.63) is 35.6 Å². The molecule has 0 aliphatic carbocycles. The maximum Gasteiger partial charge on any atom is 0.227 e. The second kappa shape index (κ2) is 7.20. The van der Waals surface area contributed by atoms with Gasteiger partial charge >= 0.3 is 0 Å². The molecular weight excluding hydrogens is 312 g/mol. The van der Waals surface area contributed by atoms with E-state index < -0.39 is 0 Å². The highest BCUT2D eigenvalue weighted by Crippen LogP contribution is 2.25. The van der Waals surface area contributed by atoms with Gasteiger partial charge in [-0.1, -0.05) is 12.1 Å². The molecule has 4 rings (SSSR count). The lowest BCUT2D eigenvalue weighted by molar-refractivity contribution is -0.134. The summed E-state index contributed by atoms with van der Waals surface area (Å²) in [5.41, 5.74) is 3.09. The van der Waals surface area contributed by atoms with Crippen molar-refractivity contribution in [1.29, 1.82) is 0 Å². The van der Waals surface area contributed by atoms with Crippen molar-refractivity contribution in [2.45, 2.75) is 51.5 Å². The number of hydrogen-bond donors (Lipinski definition) is 0. The predicted molar refractivity (Wildman–Crippen MR) is 99.7 cm³/mol. The maximum atomic E-state index is 13.0. The van der Waals surface area contributed by atoms with Crippen LogP contribution in [0.2, 0.25) is 0 Å². The van der Waals surface area contributed by atoms with Gasteiger partial charge in [-0.05, 0) is 63.7 Å². The fourth-order valence-corrected chi connectivity index (χ4v) is 4.37. The van der Waals surface area contributed by atoms with Crippen LogP contribution in [0.25, 0.3) is 11.0 Å². The van der Waals surface area contributed by atoms with E-state index >= 15 is 0 Å². The quantitative estimate of drug-likeness (QED) is 0.850. The normalized spacial score (nSPS) is 22.0. The Labute approximate surface area is 149 Å². The van der Waals surface area contributed by atoms with Crippen molar-refractivity contribution in [3.63, 3.8) is 0 Å². The van der Waals surface area contributed by atoms with E-state index in [-0.39, 0.29) is 5.91 Å². The minimum atomic E-state index is 0.257. The van der Waals surface area contributed by atoms with E-state index in [0.717, 1.165) is 42.5 Å². The Bertz CT molecular complexity index is 745. The minimum Gasteiger partial charge on any atom is -0.464 e. The molecule has 0 N–H and O–H groups in total. The molecule has 1 atom stereocenters. The van der Waals surface area contributed by atoms with E-state index in [1.54, 1.807) is 6.26 Å². The van der Waals surface area contributed by atoms with Gasteiger partial charge in [0, 0.05) is 30.1 Å². The standard InChI is InChI=1S/C21H28N2O2/c1-16-7-8-19-17(15-25-20(19)12-16)13-21(24)23-11-3-2-6-18(23)14-22-9-4-5-10-22/h7-8,12,15,18H,2-6,9-11,13-14H2,1H3. The summed E-state index contributed by atoms with van der Waals surface area (Å²) in [6.45, 7) is 6.42. The molecule has 1 amide bonds. The third-order valence-corrected chi connectivity index (χ3v) is 5.77. The second-order valence-corrected chi connectivity index (χ2v) is 7.68. The lowest BCUT2D eigenvalue weighted by Crippen LogP contribution is -2.49. The molecule has 4 heteroatoms. The molecule has 2 fully saturated rings. The Morgan fingerprint density at radius 1 is 1.16 bits per heavy atom. The minimum absolute atomic E-state index is 0.257. The number of benzene rings is 1. The molecule has 0 bridgehead atoms. The molecule has 1 unspecified atom stereocenters. The summed E-state index contributed by atoms with van der Waals surface area (Å²) in [5, 5.41) is 1.08. The lowest BCUT2D eigenvalue weighted by atomic mass is 10.00. The van der Waals surface area contributed by atoms with Crippen LogP contribution < -0.4 is 0 Å². The van der Waals surface area contributed by atoms with E-state index in [2.05, 4.69) is 28.9 Å². The highest BCUT2D eigenvalue weighted by atomic mass is 16.3. The number of aryl methyl sites for hydroxylation is 1. The first-order valence-corrected chi connectivity index (χ1v) is 9.69. The maximum absolute atomic E-state index is 13.0.